The van der Waals surface area contributed by atoms with Crippen LogP contribution in [0.3, 0.4) is 0 Å². The van der Waals surface area contributed by atoms with Gasteiger partial charge in [-0.25, -0.2) is 0 Å². The molecule has 1 atom stereocenters. The van der Waals surface area contributed by atoms with Crippen molar-refractivity contribution in [3.63, 3.8) is 0 Å². The second kappa shape index (κ2) is 14.6. The third-order valence-corrected chi connectivity index (χ3v) is 9.67. The molecule has 1 aromatic heterocycles. The molecular weight excluding hydrogens is 579 g/mol. The van der Waals surface area contributed by atoms with Crippen molar-refractivity contribution in [1.29, 1.82) is 0 Å². The van der Waals surface area contributed by atoms with Gasteiger partial charge in [-0.1, -0.05) is 57.9 Å². The second-order valence-corrected chi connectivity index (χ2v) is 14.1. The largest absolute Gasteiger partial charge is 0.481 e. The van der Waals surface area contributed by atoms with Gasteiger partial charge in [-0.05, 0) is 84.2 Å². The average Bonchev–Trinajstić information content (AvgIpc) is 3.37. The molecule has 1 amide bonds. The lowest BCUT2D eigenvalue weighted by Crippen LogP contribution is -2.25. The molecule has 0 bridgehead atoms. The third-order valence-electron chi connectivity index (χ3n) is 7.04. The second-order valence-electron chi connectivity index (χ2n) is 11.7. The van der Waals surface area contributed by atoms with Crippen LogP contribution in [-0.4, -0.2) is 29.7 Å². The van der Waals surface area contributed by atoms with Crippen LogP contribution in [-0.2, 0) is 10.2 Å². The predicted octanol–water partition coefficient (Wildman–Crippen LogP) is 9.88. The fourth-order valence-electron chi connectivity index (χ4n) is 4.86. The predicted molar refractivity (Wildman–Crippen MR) is 167 cm³/mol. The van der Waals surface area contributed by atoms with Gasteiger partial charge in [-0.3, -0.25) is 9.59 Å². The van der Waals surface area contributed by atoms with E-state index in [-0.39, 0.29) is 36.0 Å². The molecule has 1 unspecified atom stereocenters. The van der Waals surface area contributed by atoms with Gasteiger partial charge in [0.1, 0.15) is 0 Å². The number of carboxylic acids is 1. The maximum absolute atomic E-state index is 12.6. The van der Waals surface area contributed by atoms with Gasteiger partial charge in [0.05, 0.1) is 11.3 Å². The van der Waals surface area contributed by atoms with Crippen LogP contribution in [0.2, 0.25) is 0 Å². The number of carboxylic acid groups (broad SMARTS) is 1. The Labute approximate surface area is 255 Å². The van der Waals surface area contributed by atoms with Crippen LogP contribution in [0.15, 0.2) is 53.4 Å². The first kappa shape index (κ1) is 33.7. The van der Waals surface area contributed by atoms with E-state index in [1.54, 1.807) is 17.8 Å². The highest BCUT2D eigenvalue weighted by Crippen LogP contribution is 2.44. The summed E-state index contributed by atoms with van der Waals surface area (Å²) in [6.07, 6.45) is -3.18. The van der Waals surface area contributed by atoms with E-state index in [2.05, 4.69) is 76.3 Å². The minimum absolute atomic E-state index is 0.0304. The number of alkyl halides is 3. The number of unbranched alkanes of at least 4 members (excludes halogenated alkanes) is 2. The number of rotatable bonds is 13. The van der Waals surface area contributed by atoms with E-state index in [1.807, 2.05) is 6.07 Å². The van der Waals surface area contributed by atoms with E-state index in [9.17, 15) is 22.8 Å². The monoisotopic (exact) mass is 619 g/mol. The molecule has 228 valence electrons. The normalized spacial score (nSPS) is 12.8. The maximum atomic E-state index is 12.6. The SMILES string of the molecule is Cc1cc(SC(CCCCCC(F)(F)F)c2ccc(C(=O)NCCC(=O)O)s2)cc(C)c1-c1ccc(C(C)(C)C)cc1. The van der Waals surface area contributed by atoms with Gasteiger partial charge in [0.25, 0.3) is 5.91 Å². The van der Waals surface area contributed by atoms with E-state index in [4.69, 9.17) is 5.11 Å². The van der Waals surface area contributed by atoms with Crippen LogP contribution in [0.25, 0.3) is 11.1 Å². The Kier molecular flexibility index (Phi) is 11.7. The molecule has 4 nitrogen and oxygen atoms in total. The van der Waals surface area contributed by atoms with Crippen LogP contribution in [0.1, 0.15) is 95.8 Å². The first-order valence-corrected chi connectivity index (χ1v) is 15.9. The molecule has 3 aromatic rings. The molecule has 2 N–H and O–H groups in total. The Bertz CT molecular complexity index is 1340. The zero-order valence-corrected chi connectivity index (χ0v) is 26.5. The fraction of sp³-hybridized carbons (Fsp3) is 0.455. The molecular formula is C33H40F3NO3S2. The van der Waals surface area contributed by atoms with E-state index in [0.29, 0.717) is 24.1 Å². The number of aryl methyl sites for hydroxylation is 2. The number of carbonyl (C=O) groups excluding carboxylic acids is 1. The Hall–Kier alpha value is -2.78. The summed E-state index contributed by atoms with van der Waals surface area (Å²) >= 11 is 3.02. The van der Waals surface area contributed by atoms with Crippen LogP contribution in [0.4, 0.5) is 13.2 Å². The lowest BCUT2D eigenvalue weighted by Gasteiger charge is -2.20. The molecule has 0 spiro atoms. The highest BCUT2D eigenvalue weighted by molar-refractivity contribution is 7.99. The van der Waals surface area contributed by atoms with E-state index in [1.165, 1.54) is 22.5 Å². The summed E-state index contributed by atoms with van der Waals surface area (Å²) in [4.78, 5) is 25.8. The van der Waals surface area contributed by atoms with Gasteiger partial charge in [0.2, 0.25) is 0 Å². The molecule has 0 aliphatic rings. The standard InChI is InChI=1S/C33H40F3NO3S2/c1-21-19-25(20-22(2)30(21)23-10-12-24(13-11-23)32(3,4)5)41-26(9-7-6-8-17-33(34,35)36)27-14-15-28(42-27)31(40)37-18-16-29(38)39/h10-15,19-20,26H,6-9,16-18H2,1-5H3,(H,37,40)(H,38,39). The number of halogens is 3. The first-order valence-electron chi connectivity index (χ1n) is 14.2. The van der Waals surface area contributed by atoms with Crippen LogP contribution in [0, 0.1) is 13.8 Å². The quantitative estimate of drug-likeness (QED) is 0.148. The number of thioether (sulfide) groups is 1. The molecule has 3 rings (SSSR count). The molecule has 0 radical (unpaired) electrons. The summed E-state index contributed by atoms with van der Waals surface area (Å²) < 4.78 is 37.9. The van der Waals surface area contributed by atoms with E-state index >= 15 is 0 Å². The lowest BCUT2D eigenvalue weighted by molar-refractivity contribution is -0.137. The summed E-state index contributed by atoms with van der Waals surface area (Å²) in [5.41, 5.74) is 6.00. The summed E-state index contributed by atoms with van der Waals surface area (Å²) in [5, 5.41) is 11.4. The first-order chi connectivity index (χ1) is 19.6. The van der Waals surface area contributed by atoms with E-state index < -0.39 is 18.6 Å². The molecule has 1 heterocycles. The Morgan fingerprint density at radius 3 is 2.17 bits per heavy atom. The number of thiophene rings is 1. The minimum atomic E-state index is -4.14. The molecule has 42 heavy (non-hydrogen) atoms. The Morgan fingerprint density at radius 1 is 0.952 bits per heavy atom. The van der Waals surface area contributed by atoms with Crippen molar-refractivity contribution >= 4 is 35.0 Å². The number of hydrogen-bond donors (Lipinski definition) is 2. The number of carbonyl (C=O) groups is 2. The number of nitrogens with one attached hydrogen (secondary N) is 1. The van der Waals surface area contributed by atoms with Gasteiger partial charge in [-0.2, -0.15) is 13.2 Å². The molecule has 0 aliphatic carbocycles. The summed E-state index contributed by atoms with van der Waals surface area (Å²) in [6.45, 7) is 10.8. The summed E-state index contributed by atoms with van der Waals surface area (Å²) in [6, 6.07) is 16.6. The average molecular weight is 620 g/mol. The summed E-state index contributed by atoms with van der Waals surface area (Å²) in [5.74, 6) is -1.31. The molecule has 2 aromatic carbocycles. The topological polar surface area (TPSA) is 66.4 Å². The van der Waals surface area contributed by atoms with Crippen molar-refractivity contribution in [3.8, 4) is 11.1 Å². The molecule has 9 heteroatoms. The van der Waals surface area contributed by atoms with Gasteiger partial charge >= 0.3 is 12.1 Å². The van der Waals surface area contributed by atoms with Crippen LogP contribution >= 0.6 is 23.1 Å². The van der Waals surface area contributed by atoms with Crippen molar-refractivity contribution in [3.05, 3.63) is 75.0 Å². The number of amides is 1. The highest BCUT2D eigenvalue weighted by Gasteiger charge is 2.26. The van der Waals surface area contributed by atoms with Crippen molar-refractivity contribution in [1.82, 2.24) is 5.32 Å². The fourth-order valence-corrected chi connectivity index (χ4v) is 7.38. The van der Waals surface area contributed by atoms with Crippen molar-refractivity contribution in [2.45, 2.75) is 94.9 Å². The van der Waals surface area contributed by atoms with Gasteiger partial charge in [-0.15, -0.1) is 23.1 Å². The number of benzene rings is 2. The molecule has 0 saturated carbocycles. The van der Waals surface area contributed by atoms with Gasteiger partial charge in [0, 0.05) is 28.0 Å². The summed E-state index contributed by atoms with van der Waals surface area (Å²) in [7, 11) is 0. The third kappa shape index (κ3) is 10.2. The minimum Gasteiger partial charge on any atom is -0.481 e. The van der Waals surface area contributed by atoms with Crippen molar-refractivity contribution in [2.75, 3.05) is 6.54 Å². The van der Waals surface area contributed by atoms with Crippen molar-refractivity contribution < 1.29 is 27.9 Å². The molecule has 0 fully saturated rings. The van der Waals surface area contributed by atoms with E-state index in [0.717, 1.165) is 26.5 Å². The molecule has 0 saturated heterocycles. The maximum Gasteiger partial charge on any atom is 0.389 e. The van der Waals surface area contributed by atoms with Gasteiger partial charge < -0.3 is 10.4 Å². The van der Waals surface area contributed by atoms with Gasteiger partial charge in [0.15, 0.2) is 0 Å². The Morgan fingerprint density at radius 2 is 1.60 bits per heavy atom. The zero-order valence-electron chi connectivity index (χ0n) is 24.9. The zero-order chi connectivity index (χ0) is 31.1. The Balaban J connectivity index is 1.80. The highest BCUT2D eigenvalue weighted by atomic mass is 32.2. The lowest BCUT2D eigenvalue weighted by atomic mass is 9.85. The van der Waals surface area contributed by atoms with Crippen LogP contribution < -0.4 is 5.32 Å². The van der Waals surface area contributed by atoms with Crippen molar-refractivity contribution in [2.24, 2.45) is 0 Å². The smallest absolute Gasteiger partial charge is 0.389 e. The van der Waals surface area contributed by atoms with Crippen LogP contribution in [0.5, 0.6) is 0 Å². The number of aliphatic carboxylic acids is 1. The molecule has 0 aliphatic heterocycles. The number of hydrogen-bond acceptors (Lipinski definition) is 4.